The molecule has 2 heterocycles. The molecule has 2 aromatic heterocycles. The number of pyridine rings is 1. The lowest BCUT2D eigenvalue weighted by molar-refractivity contribution is 0.0697. The molecule has 0 radical (unpaired) electrons. The number of carboxylic acids is 1. The van der Waals surface area contributed by atoms with E-state index in [0.717, 1.165) is 15.8 Å². The third-order valence-corrected chi connectivity index (χ3v) is 3.69. The summed E-state index contributed by atoms with van der Waals surface area (Å²) in [6.45, 7) is 1.95. The summed E-state index contributed by atoms with van der Waals surface area (Å²) in [5.41, 5.74) is 1.40. The summed E-state index contributed by atoms with van der Waals surface area (Å²) in [5, 5.41) is 13.8. The number of nitrogens with one attached hydrogen (secondary N) is 1. The molecule has 0 atom stereocenters. The second-order valence-electron chi connectivity index (χ2n) is 4.27. The first-order valence-electron chi connectivity index (χ1n) is 5.95. The van der Waals surface area contributed by atoms with Gasteiger partial charge in [0.2, 0.25) is 0 Å². The van der Waals surface area contributed by atoms with Crippen molar-refractivity contribution >= 4 is 39.0 Å². The Morgan fingerprint density at radius 3 is 2.75 bits per heavy atom. The molecule has 0 saturated carbocycles. The van der Waals surface area contributed by atoms with E-state index in [1.165, 1.54) is 17.5 Å². The van der Waals surface area contributed by atoms with Gasteiger partial charge in [0.25, 0.3) is 0 Å². The van der Waals surface area contributed by atoms with Crippen molar-refractivity contribution in [2.45, 2.75) is 6.92 Å². The molecule has 0 spiro atoms. The maximum absolute atomic E-state index is 11.4. The van der Waals surface area contributed by atoms with Gasteiger partial charge < -0.3 is 10.4 Å². The fourth-order valence-electron chi connectivity index (χ4n) is 1.96. The van der Waals surface area contributed by atoms with Crippen LogP contribution in [0.4, 0.5) is 10.8 Å². The van der Waals surface area contributed by atoms with Crippen LogP contribution in [0.15, 0.2) is 36.7 Å². The van der Waals surface area contributed by atoms with Crippen LogP contribution in [0, 0.1) is 6.92 Å². The number of aryl methyl sites for hydroxylation is 1. The van der Waals surface area contributed by atoms with E-state index < -0.39 is 5.97 Å². The van der Waals surface area contributed by atoms with Gasteiger partial charge in [0.05, 0.1) is 11.2 Å². The van der Waals surface area contributed by atoms with Gasteiger partial charge in [-0.25, -0.2) is 9.78 Å². The van der Waals surface area contributed by atoms with Gasteiger partial charge in [-0.15, -0.1) is 11.3 Å². The monoisotopic (exact) mass is 285 g/mol. The summed E-state index contributed by atoms with van der Waals surface area (Å²) in [5.74, 6) is -1.01. The molecule has 0 fully saturated rings. The third-order valence-electron chi connectivity index (χ3n) is 2.86. The number of aromatic nitrogens is 2. The Balaban J connectivity index is 2.19. The van der Waals surface area contributed by atoms with Crippen molar-refractivity contribution in [2.75, 3.05) is 5.32 Å². The molecule has 5 nitrogen and oxygen atoms in total. The van der Waals surface area contributed by atoms with Crippen LogP contribution in [0.2, 0.25) is 0 Å². The highest BCUT2D eigenvalue weighted by atomic mass is 32.1. The molecule has 1 aromatic carbocycles. The zero-order valence-electron chi connectivity index (χ0n) is 10.6. The molecule has 0 saturated heterocycles. The van der Waals surface area contributed by atoms with Crippen LogP contribution in [0.5, 0.6) is 0 Å². The SMILES string of the molecule is Cc1cnc(Nc2c(C(=O)O)cnc3ccccc23)s1. The lowest BCUT2D eigenvalue weighted by atomic mass is 10.1. The number of anilines is 2. The van der Waals surface area contributed by atoms with E-state index in [4.69, 9.17) is 0 Å². The number of carbonyl (C=O) groups is 1. The standard InChI is InChI=1S/C14H11N3O2S/c1-8-6-16-14(20-8)17-12-9-4-2-3-5-11(9)15-7-10(12)13(18)19/h2-7H,1H3,(H,18,19)(H,15,16,17). The Morgan fingerprint density at radius 2 is 2.05 bits per heavy atom. The average Bonchev–Trinajstić information content (AvgIpc) is 2.84. The van der Waals surface area contributed by atoms with Crippen molar-refractivity contribution in [1.82, 2.24) is 9.97 Å². The average molecular weight is 285 g/mol. The van der Waals surface area contributed by atoms with Crippen molar-refractivity contribution in [3.63, 3.8) is 0 Å². The molecule has 3 rings (SSSR count). The van der Waals surface area contributed by atoms with Crippen LogP contribution in [-0.2, 0) is 0 Å². The molecule has 0 aliphatic rings. The summed E-state index contributed by atoms with van der Waals surface area (Å²) in [6, 6.07) is 7.41. The summed E-state index contributed by atoms with van der Waals surface area (Å²) in [7, 11) is 0. The molecular weight excluding hydrogens is 274 g/mol. The van der Waals surface area contributed by atoms with Crippen LogP contribution in [0.1, 0.15) is 15.2 Å². The Hall–Kier alpha value is -2.47. The molecule has 0 bridgehead atoms. The molecule has 3 aromatic rings. The van der Waals surface area contributed by atoms with Crippen molar-refractivity contribution < 1.29 is 9.90 Å². The maximum atomic E-state index is 11.4. The first-order chi connectivity index (χ1) is 9.65. The number of thiazole rings is 1. The van der Waals surface area contributed by atoms with Gasteiger partial charge >= 0.3 is 5.97 Å². The van der Waals surface area contributed by atoms with Crippen molar-refractivity contribution in [2.24, 2.45) is 0 Å². The minimum absolute atomic E-state index is 0.136. The van der Waals surface area contributed by atoms with Crippen molar-refractivity contribution in [1.29, 1.82) is 0 Å². The van der Waals surface area contributed by atoms with Crippen molar-refractivity contribution in [3.05, 3.63) is 47.1 Å². The number of nitrogens with zero attached hydrogens (tertiary/aromatic N) is 2. The predicted octanol–water partition coefficient (Wildman–Crippen LogP) is 3.44. The Bertz CT molecular complexity index is 798. The zero-order chi connectivity index (χ0) is 14.1. The molecule has 0 amide bonds. The predicted molar refractivity (Wildman–Crippen MR) is 78.8 cm³/mol. The van der Waals surface area contributed by atoms with Gasteiger partial charge in [0.1, 0.15) is 5.56 Å². The first-order valence-corrected chi connectivity index (χ1v) is 6.77. The van der Waals surface area contributed by atoms with E-state index >= 15 is 0 Å². The molecule has 100 valence electrons. The molecule has 2 N–H and O–H groups in total. The highest BCUT2D eigenvalue weighted by molar-refractivity contribution is 7.15. The van der Waals surface area contributed by atoms with E-state index in [9.17, 15) is 9.90 Å². The lowest BCUT2D eigenvalue weighted by Gasteiger charge is -2.10. The molecule has 6 heteroatoms. The fourth-order valence-corrected chi connectivity index (χ4v) is 2.63. The first kappa shape index (κ1) is 12.6. The van der Waals surface area contributed by atoms with E-state index in [-0.39, 0.29) is 5.56 Å². The fraction of sp³-hybridized carbons (Fsp3) is 0.0714. The summed E-state index contributed by atoms with van der Waals surface area (Å²) in [6.07, 6.45) is 3.12. The topological polar surface area (TPSA) is 75.1 Å². The number of fused-ring (bicyclic) bond motifs is 1. The second kappa shape index (κ2) is 4.90. The molecule has 0 unspecified atom stereocenters. The van der Waals surface area contributed by atoms with Gasteiger partial charge in [-0.1, -0.05) is 18.2 Å². The van der Waals surface area contributed by atoms with Crippen LogP contribution in [-0.4, -0.2) is 21.0 Å². The minimum atomic E-state index is -1.01. The summed E-state index contributed by atoms with van der Waals surface area (Å²) < 4.78 is 0. The van der Waals surface area contributed by atoms with Crippen LogP contribution < -0.4 is 5.32 Å². The van der Waals surface area contributed by atoms with Gasteiger partial charge in [-0.2, -0.15) is 0 Å². The number of benzene rings is 1. The van der Waals surface area contributed by atoms with Gasteiger partial charge in [-0.05, 0) is 13.0 Å². The van der Waals surface area contributed by atoms with E-state index in [1.54, 1.807) is 6.20 Å². The van der Waals surface area contributed by atoms with E-state index in [2.05, 4.69) is 15.3 Å². The van der Waals surface area contributed by atoms with Gasteiger partial charge in [0, 0.05) is 22.7 Å². The summed E-state index contributed by atoms with van der Waals surface area (Å²) >= 11 is 1.48. The highest BCUT2D eigenvalue weighted by Gasteiger charge is 2.15. The highest BCUT2D eigenvalue weighted by Crippen LogP contribution is 2.30. The number of hydrogen-bond acceptors (Lipinski definition) is 5. The van der Waals surface area contributed by atoms with Crippen molar-refractivity contribution in [3.8, 4) is 0 Å². The number of carboxylic acid groups (broad SMARTS) is 1. The Morgan fingerprint density at radius 1 is 1.25 bits per heavy atom. The Kier molecular flexibility index (Phi) is 3.08. The van der Waals surface area contributed by atoms with Gasteiger partial charge in [-0.3, -0.25) is 4.98 Å². The molecule has 20 heavy (non-hydrogen) atoms. The molecule has 0 aliphatic carbocycles. The lowest BCUT2D eigenvalue weighted by Crippen LogP contribution is -2.04. The van der Waals surface area contributed by atoms with Crippen LogP contribution >= 0.6 is 11.3 Å². The largest absolute Gasteiger partial charge is 0.478 e. The summed E-state index contributed by atoms with van der Waals surface area (Å²) in [4.78, 5) is 20.8. The number of rotatable bonds is 3. The maximum Gasteiger partial charge on any atom is 0.339 e. The minimum Gasteiger partial charge on any atom is -0.478 e. The number of hydrogen-bond donors (Lipinski definition) is 2. The molecular formula is C14H11N3O2S. The second-order valence-corrected chi connectivity index (χ2v) is 5.51. The van der Waals surface area contributed by atoms with Crippen LogP contribution in [0.25, 0.3) is 10.9 Å². The van der Waals surface area contributed by atoms with Crippen LogP contribution in [0.3, 0.4) is 0 Å². The smallest absolute Gasteiger partial charge is 0.339 e. The zero-order valence-corrected chi connectivity index (χ0v) is 11.4. The van der Waals surface area contributed by atoms with E-state index in [0.29, 0.717) is 10.8 Å². The van der Waals surface area contributed by atoms with E-state index in [1.807, 2.05) is 31.2 Å². The molecule has 0 aliphatic heterocycles. The quantitative estimate of drug-likeness (QED) is 0.771. The van der Waals surface area contributed by atoms with Gasteiger partial charge in [0.15, 0.2) is 5.13 Å². The Labute approximate surface area is 118 Å². The normalized spacial score (nSPS) is 10.7. The third kappa shape index (κ3) is 2.21. The number of aromatic carboxylic acids is 1. The number of para-hydroxylation sites is 1.